The number of nitrogens with two attached hydrogens (primary N) is 1. The summed E-state index contributed by atoms with van der Waals surface area (Å²) in [7, 11) is -1.17. The Hall–Kier alpha value is -0.590. The Balaban J connectivity index is 2.21. The Morgan fingerprint density at radius 3 is 2.50 bits per heavy atom. The van der Waals surface area contributed by atoms with Gasteiger partial charge in [0.1, 0.15) is 0 Å². The average Bonchev–Trinajstić information content (AvgIpc) is 2.35. The number of hydrogen-bond acceptors (Lipinski definition) is 2. The number of halogens is 2. The van der Waals surface area contributed by atoms with E-state index in [0.717, 1.165) is 9.13 Å². The van der Waals surface area contributed by atoms with Crippen LogP contribution in [0.15, 0.2) is 47.4 Å². The molecule has 2 aromatic rings. The lowest BCUT2D eigenvalue weighted by Crippen LogP contribution is -2.01. The molecule has 0 aliphatic rings. The molecule has 0 aromatic heterocycles. The van der Waals surface area contributed by atoms with Gasteiger partial charge in [0.2, 0.25) is 0 Å². The number of rotatable bonds is 3. The summed E-state index contributed by atoms with van der Waals surface area (Å²) in [5, 5.41) is 0.551. The summed E-state index contributed by atoms with van der Waals surface area (Å²) < 4.78 is 13.4. The zero-order valence-electron chi connectivity index (χ0n) is 9.40. The minimum atomic E-state index is -1.17. The SMILES string of the molecule is Nc1ccc(Cl)cc1S(=O)Cc1ccc(I)cc1. The van der Waals surface area contributed by atoms with Crippen molar-refractivity contribution in [2.24, 2.45) is 0 Å². The second-order valence-corrected chi connectivity index (χ2v) is 6.90. The molecular formula is C13H11ClINOS. The molecule has 0 saturated carbocycles. The molecule has 2 N–H and O–H groups in total. The molecule has 0 aliphatic carbocycles. The normalized spacial score (nSPS) is 12.3. The van der Waals surface area contributed by atoms with Crippen molar-refractivity contribution in [3.05, 3.63) is 56.6 Å². The number of anilines is 1. The second-order valence-electron chi connectivity index (χ2n) is 3.80. The molecule has 0 saturated heterocycles. The van der Waals surface area contributed by atoms with Crippen molar-refractivity contribution in [1.29, 1.82) is 0 Å². The maximum Gasteiger partial charge on any atom is 0.0635 e. The Kier molecular flexibility index (Phi) is 4.64. The highest BCUT2D eigenvalue weighted by molar-refractivity contribution is 14.1. The van der Waals surface area contributed by atoms with E-state index in [1.54, 1.807) is 18.2 Å². The van der Waals surface area contributed by atoms with Crippen LogP contribution in [0.4, 0.5) is 5.69 Å². The average molecular weight is 392 g/mol. The van der Waals surface area contributed by atoms with E-state index in [0.29, 0.717) is 21.4 Å². The first kappa shape index (κ1) is 13.8. The first-order chi connectivity index (χ1) is 8.56. The molecule has 1 atom stereocenters. The summed E-state index contributed by atoms with van der Waals surface area (Å²) in [6.45, 7) is 0. The van der Waals surface area contributed by atoms with E-state index in [1.807, 2.05) is 24.3 Å². The van der Waals surface area contributed by atoms with Crippen LogP contribution < -0.4 is 5.73 Å². The molecule has 0 bridgehead atoms. The van der Waals surface area contributed by atoms with Crippen LogP contribution in [0.5, 0.6) is 0 Å². The topological polar surface area (TPSA) is 43.1 Å². The third-order valence-corrected chi connectivity index (χ3v) is 4.83. The van der Waals surface area contributed by atoms with Gasteiger partial charge < -0.3 is 5.73 Å². The van der Waals surface area contributed by atoms with Crippen molar-refractivity contribution in [2.45, 2.75) is 10.6 Å². The molecule has 0 amide bonds. The van der Waals surface area contributed by atoms with Crippen molar-refractivity contribution in [3.8, 4) is 0 Å². The van der Waals surface area contributed by atoms with Gasteiger partial charge in [0.15, 0.2) is 0 Å². The third kappa shape index (κ3) is 3.46. The highest BCUT2D eigenvalue weighted by Gasteiger charge is 2.09. The van der Waals surface area contributed by atoms with E-state index in [-0.39, 0.29) is 0 Å². The standard InChI is InChI=1S/C13H11ClINOS/c14-10-3-6-12(16)13(7-10)18(17)8-9-1-4-11(15)5-2-9/h1-7H,8,16H2. The van der Waals surface area contributed by atoms with Gasteiger partial charge in [0, 0.05) is 14.3 Å². The van der Waals surface area contributed by atoms with Gasteiger partial charge in [0.25, 0.3) is 0 Å². The van der Waals surface area contributed by atoms with Crippen molar-refractivity contribution in [3.63, 3.8) is 0 Å². The monoisotopic (exact) mass is 391 g/mol. The van der Waals surface area contributed by atoms with Gasteiger partial charge in [-0.25, -0.2) is 0 Å². The van der Waals surface area contributed by atoms with Crippen LogP contribution in [0.25, 0.3) is 0 Å². The highest BCUT2D eigenvalue weighted by Crippen LogP contribution is 2.23. The van der Waals surface area contributed by atoms with Gasteiger partial charge in [-0.05, 0) is 58.5 Å². The van der Waals surface area contributed by atoms with E-state index >= 15 is 0 Å². The van der Waals surface area contributed by atoms with E-state index in [1.165, 1.54) is 0 Å². The van der Waals surface area contributed by atoms with Crippen LogP contribution in [0, 0.1) is 3.57 Å². The van der Waals surface area contributed by atoms with E-state index in [9.17, 15) is 4.21 Å². The minimum absolute atomic E-state index is 0.446. The van der Waals surface area contributed by atoms with Crippen LogP contribution in [0.3, 0.4) is 0 Å². The molecule has 2 rings (SSSR count). The summed E-state index contributed by atoms with van der Waals surface area (Å²) in [5.41, 5.74) is 7.35. The molecule has 2 aromatic carbocycles. The molecule has 2 nitrogen and oxygen atoms in total. The Morgan fingerprint density at radius 2 is 1.83 bits per heavy atom. The summed E-state index contributed by atoms with van der Waals surface area (Å²) in [5.74, 6) is 0.446. The van der Waals surface area contributed by atoms with Crippen molar-refractivity contribution < 1.29 is 4.21 Å². The summed E-state index contributed by atoms with van der Waals surface area (Å²) in [6.07, 6.45) is 0. The minimum Gasteiger partial charge on any atom is -0.398 e. The molecule has 5 heteroatoms. The van der Waals surface area contributed by atoms with Gasteiger partial charge in [-0.1, -0.05) is 23.7 Å². The highest BCUT2D eigenvalue weighted by atomic mass is 127. The quantitative estimate of drug-likeness (QED) is 0.638. The van der Waals surface area contributed by atoms with Crippen molar-refractivity contribution >= 4 is 50.7 Å². The summed E-state index contributed by atoms with van der Waals surface area (Å²) in [6, 6.07) is 13.0. The Morgan fingerprint density at radius 1 is 1.17 bits per heavy atom. The van der Waals surface area contributed by atoms with E-state index in [2.05, 4.69) is 22.6 Å². The maximum absolute atomic E-state index is 12.2. The van der Waals surface area contributed by atoms with Gasteiger partial charge in [-0.3, -0.25) is 4.21 Å². The lowest BCUT2D eigenvalue weighted by Gasteiger charge is -2.06. The molecule has 0 fully saturated rings. The van der Waals surface area contributed by atoms with Crippen molar-refractivity contribution in [1.82, 2.24) is 0 Å². The predicted octanol–water partition coefficient (Wildman–Crippen LogP) is 3.83. The fourth-order valence-electron chi connectivity index (χ4n) is 1.52. The molecule has 18 heavy (non-hydrogen) atoms. The Bertz CT molecular complexity index is 586. The molecule has 94 valence electrons. The zero-order chi connectivity index (χ0) is 13.1. The lowest BCUT2D eigenvalue weighted by molar-refractivity contribution is 0.683. The molecule has 0 spiro atoms. The van der Waals surface area contributed by atoms with Crippen LogP contribution in [0.1, 0.15) is 5.56 Å². The fraction of sp³-hybridized carbons (Fsp3) is 0.0769. The van der Waals surface area contributed by atoms with E-state index in [4.69, 9.17) is 17.3 Å². The fourth-order valence-corrected chi connectivity index (χ4v) is 3.35. The van der Waals surface area contributed by atoms with Gasteiger partial charge >= 0.3 is 0 Å². The van der Waals surface area contributed by atoms with Gasteiger partial charge in [-0.2, -0.15) is 0 Å². The summed E-state index contributed by atoms with van der Waals surface area (Å²) >= 11 is 8.13. The van der Waals surface area contributed by atoms with Crippen LogP contribution in [-0.4, -0.2) is 4.21 Å². The molecule has 0 aliphatic heterocycles. The largest absolute Gasteiger partial charge is 0.398 e. The number of benzene rings is 2. The number of nitrogen functional groups attached to an aromatic ring is 1. The lowest BCUT2D eigenvalue weighted by atomic mass is 10.2. The molecule has 1 unspecified atom stereocenters. The van der Waals surface area contributed by atoms with Crippen LogP contribution in [-0.2, 0) is 16.6 Å². The second kappa shape index (κ2) is 6.04. The third-order valence-electron chi connectivity index (χ3n) is 2.43. The van der Waals surface area contributed by atoms with Crippen molar-refractivity contribution in [2.75, 3.05) is 5.73 Å². The Labute approximate surface area is 127 Å². The first-order valence-corrected chi connectivity index (χ1v) is 8.01. The smallest absolute Gasteiger partial charge is 0.0635 e. The van der Waals surface area contributed by atoms with Crippen LogP contribution >= 0.6 is 34.2 Å². The van der Waals surface area contributed by atoms with E-state index < -0.39 is 10.8 Å². The summed E-state index contributed by atoms with van der Waals surface area (Å²) in [4.78, 5) is 0.598. The van der Waals surface area contributed by atoms with Gasteiger partial charge in [-0.15, -0.1) is 0 Å². The molecular weight excluding hydrogens is 381 g/mol. The molecule has 0 radical (unpaired) electrons. The predicted molar refractivity (Wildman–Crippen MR) is 85.1 cm³/mol. The van der Waals surface area contributed by atoms with Gasteiger partial charge in [0.05, 0.1) is 21.4 Å². The number of hydrogen-bond donors (Lipinski definition) is 1. The maximum atomic E-state index is 12.2. The van der Waals surface area contributed by atoms with Crippen LogP contribution in [0.2, 0.25) is 5.02 Å². The molecule has 0 heterocycles. The first-order valence-electron chi connectivity index (χ1n) is 5.24. The zero-order valence-corrected chi connectivity index (χ0v) is 13.1.